The largest absolute Gasteiger partial charge is 0.313 e. The molecule has 1 heterocycles. The van der Waals surface area contributed by atoms with E-state index >= 15 is 0 Å². The van der Waals surface area contributed by atoms with Crippen LogP contribution in [0.3, 0.4) is 0 Å². The molecule has 1 rings (SSSR count). The van der Waals surface area contributed by atoms with Crippen molar-refractivity contribution in [1.82, 2.24) is 15.1 Å². The van der Waals surface area contributed by atoms with Crippen LogP contribution < -0.4 is 5.32 Å². The van der Waals surface area contributed by atoms with Crippen LogP contribution in [0.25, 0.3) is 0 Å². The molecule has 0 bridgehead atoms. The third-order valence-corrected chi connectivity index (χ3v) is 3.04. The minimum absolute atomic E-state index is 0. The van der Waals surface area contributed by atoms with Crippen molar-refractivity contribution in [3.63, 3.8) is 0 Å². The highest BCUT2D eigenvalue weighted by Crippen LogP contribution is 2.09. The topological polar surface area (TPSA) is 29.9 Å². The van der Waals surface area contributed by atoms with Crippen molar-refractivity contribution in [2.24, 2.45) is 0 Å². The lowest BCUT2D eigenvalue weighted by molar-refractivity contribution is 0.121. The Morgan fingerprint density at radius 3 is 2.68 bits per heavy atom. The van der Waals surface area contributed by atoms with Gasteiger partial charge < -0.3 is 5.32 Å². The van der Waals surface area contributed by atoms with Gasteiger partial charge in [-0.3, -0.25) is 4.68 Å². The number of unbranched alkanes of at least 4 members (excludes halogenated alkanes) is 3. The lowest BCUT2D eigenvalue weighted by Crippen LogP contribution is -2.15. The summed E-state index contributed by atoms with van der Waals surface area (Å²) in [5.74, 6) is 0. The van der Waals surface area contributed by atoms with Gasteiger partial charge in [-0.1, -0.05) is 26.2 Å². The molecule has 112 valence electrons. The van der Waals surface area contributed by atoms with Gasteiger partial charge >= 0.3 is 0 Å². The quantitative estimate of drug-likeness (QED) is 0.706. The number of rotatable bonds is 9. The van der Waals surface area contributed by atoms with E-state index in [0.29, 0.717) is 6.54 Å². The van der Waals surface area contributed by atoms with E-state index in [0.717, 1.165) is 24.2 Å². The molecule has 0 radical (unpaired) electrons. The van der Waals surface area contributed by atoms with Crippen molar-refractivity contribution in [3.05, 3.63) is 17.5 Å². The third kappa shape index (κ3) is 6.87. The molecule has 0 aliphatic carbocycles. The monoisotopic (exact) mass is 295 g/mol. The maximum atomic E-state index is 12.3. The fourth-order valence-electron chi connectivity index (χ4n) is 1.87. The van der Waals surface area contributed by atoms with Crippen molar-refractivity contribution < 1.29 is 8.78 Å². The maximum Gasteiger partial charge on any atom is 0.257 e. The van der Waals surface area contributed by atoms with Crippen LogP contribution >= 0.6 is 12.4 Å². The van der Waals surface area contributed by atoms with Crippen molar-refractivity contribution in [3.8, 4) is 0 Å². The van der Waals surface area contributed by atoms with Crippen LogP contribution in [0.4, 0.5) is 8.78 Å². The molecule has 1 N–H and O–H groups in total. The molecule has 0 fully saturated rings. The van der Waals surface area contributed by atoms with Gasteiger partial charge in [-0.15, -0.1) is 12.4 Å². The lowest BCUT2D eigenvalue weighted by Gasteiger charge is -2.06. The Kier molecular flexibility index (Phi) is 9.79. The van der Waals surface area contributed by atoms with E-state index in [9.17, 15) is 8.78 Å². The standard InChI is InChI=1S/C13H23F2N3.ClH/c1-3-4-5-6-7-16-8-12-9-17-18(11(12)2)10-13(14)15;/h9,13,16H,3-8,10H2,1-2H3;1H. The van der Waals surface area contributed by atoms with E-state index in [4.69, 9.17) is 0 Å². The average molecular weight is 296 g/mol. The average Bonchev–Trinajstić information content (AvgIpc) is 2.65. The third-order valence-electron chi connectivity index (χ3n) is 3.04. The summed E-state index contributed by atoms with van der Waals surface area (Å²) in [6, 6.07) is 0. The second-order valence-electron chi connectivity index (χ2n) is 4.57. The van der Waals surface area contributed by atoms with Crippen LogP contribution in [0.15, 0.2) is 6.20 Å². The molecule has 0 aromatic carbocycles. The molecule has 3 nitrogen and oxygen atoms in total. The molecule has 0 aliphatic rings. The number of halogens is 3. The highest BCUT2D eigenvalue weighted by molar-refractivity contribution is 5.85. The number of aromatic nitrogens is 2. The van der Waals surface area contributed by atoms with E-state index < -0.39 is 6.43 Å². The zero-order valence-electron chi connectivity index (χ0n) is 11.7. The van der Waals surface area contributed by atoms with Crippen LogP contribution in [-0.2, 0) is 13.1 Å². The van der Waals surface area contributed by atoms with Gasteiger partial charge in [0.15, 0.2) is 0 Å². The molecular formula is C13H24ClF2N3. The molecule has 1 aromatic heterocycles. The van der Waals surface area contributed by atoms with Crippen LogP contribution in [-0.4, -0.2) is 22.8 Å². The van der Waals surface area contributed by atoms with E-state index in [-0.39, 0.29) is 19.0 Å². The Bertz CT molecular complexity index is 343. The SMILES string of the molecule is CCCCCCNCc1cnn(CC(F)F)c1C.Cl. The summed E-state index contributed by atoms with van der Waals surface area (Å²) in [7, 11) is 0. The predicted molar refractivity (Wildman–Crippen MR) is 76.1 cm³/mol. The van der Waals surface area contributed by atoms with Crippen molar-refractivity contribution in [2.75, 3.05) is 6.54 Å². The highest BCUT2D eigenvalue weighted by atomic mass is 35.5. The summed E-state index contributed by atoms with van der Waals surface area (Å²) in [5.41, 5.74) is 1.84. The van der Waals surface area contributed by atoms with Gasteiger partial charge in [0.25, 0.3) is 6.43 Å². The molecule has 19 heavy (non-hydrogen) atoms. The molecule has 0 unspecified atom stereocenters. The Labute approximate surface area is 120 Å². The summed E-state index contributed by atoms with van der Waals surface area (Å²) < 4.78 is 25.9. The zero-order chi connectivity index (χ0) is 13.4. The Morgan fingerprint density at radius 2 is 2.05 bits per heavy atom. The van der Waals surface area contributed by atoms with Gasteiger partial charge in [0.2, 0.25) is 0 Å². The molecule has 0 saturated carbocycles. The number of hydrogen-bond acceptors (Lipinski definition) is 2. The van der Waals surface area contributed by atoms with Gasteiger partial charge in [0.05, 0.1) is 6.20 Å². The molecule has 6 heteroatoms. The molecule has 1 aromatic rings. The molecule has 0 aliphatic heterocycles. The minimum atomic E-state index is -2.35. The van der Waals surface area contributed by atoms with Crippen molar-refractivity contribution in [1.29, 1.82) is 0 Å². The molecule has 0 spiro atoms. The predicted octanol–water partition coefficient (Wildman–Crippen LogP) is 3.55. The van der Waals surface area contributed by atoms with Crippen molar-refractivity contribution >= 4 is 12.4 Å². The van der Waals surface area contributed by atoms with E-state index in [1.54, 1.807) is 6.20 Å². The first-order chi connectivity index (χ1) is 8.65. The Hall–Kier alpha value is -0.680. The van der Waals surface area contributed by atoms with Crippen LogP contribution in [0.5, 0.6) is 0 Å². The number of alkyl halides is 2. The Morgan fingerprint density at radius 1 is 1.32 bits per heavy atom. The summed E-state index contributed by atoms with van der Waals surface area (Å²) >= 11 is 0. The van der Waals surface area contributed by atoms with Crippen molar-refractivity contribution in [2.45, 2.75) is 59.0 Å². The second-order valence-corrected chi connectivity index (χ2v) is 4.57. The van der Waals surface area contributed by atoms with Gasteiger partial charge in [-0.25, -0.2) is 8.78 Å². The van der Waals surface area contributed by atoms with E-state index in [1.165, 1.54) is 23.9 Å². The second kappa shape index (κ2) is 10.1. The molecule has 0 amide bonds. The first kappa shape index (κ1) is 18.3. The molecule has 0 saturated heterocycles. The van der Waals surface area contributed by atoms with Crippen LogP contribution in [0.2, 0.25) is 0 Å². The van der Waals surface area contributed by atoms with E-state index in [2.05, 4.69) is 17.3 Å². The first-order valence-corrected chi connectivity index (χ1v) is 6.65. The van der Waals surface area contributed by atoms with Crippen LogP contribution in [0.1, 0.15) is 43.9 Å². The molecule has 0 atom stereocenters. The highest BCUT2D eigenvalue weighted by Gasteiger charge is 2.10. The number of nitrogens with zero attached hydrogens (tertiary/aromatic N) is 2. The summed E-state index contributed by atoms with van der Waals surface area (Å²) in [6.45, 7) is 5.39. The smallest absolute Gasteiger partial charge is 0.257 e. The summed E-state index contributed by atoms with van der Waals surface area (Å²) in [6.07, 6.45) is 4.24. The van der Waals surface area contributed by atoms with Gasteiger partial charge in [-0.05, 0) is 19.9 Å². The van der Waals surface area contributed by atoms with Crippen LogP contribution in [0, 0.1) is 6.92 Å². The fraction of sp³-hybridized carbons (Fsp3) is 0.769. The first-order valence-electron chi connectivity index (χ1n) is 6.65. The summed E-state index contributed by atoms with van der Waals surface area (Å²) in [5, 5.41) is 7.31. The number of nitrogens with one attached hydrogen (secondary N) is 1. The minimum Gasteiger partial charge on any atom is -0.313 e. The number of hydrogen-bond donors (Lipinski definition) is 1. The van der Waals surface area contributed by atoms with E-state index in [1.807, 2.05) is 6.92 Å². The summed E-state index contributed by atoms with van der Waals surface area (Å²) in [4.78, 5) is 0. The van der Waals surface area contributed by atoms with Gasteiger partial charge in [0.1, 0.15) is 6.54 Å². The van der Waals surface area contributed by atoms with Gasteiger partial charge in [0, 0.05) is 17.8 Å². The normalized spacial score (nSPS) is 10.8. The molecular weight excluding hydrogens is 272 g/mol. The lowest BCUT2D eigenvalue weighted by atomic mass is 10.2. The maximum absolute atomic E-state index is 12.3. The Balaban J connectivity index is 0.00000324. The fourth-order valence-corrected chi connectivity index (χ4v) is 1.87. The zero-order valence-corrected chi connectivity index (χ0v) is 12.5. The van der Waals surface area contributed by atoms with Gasteiger partial charge in [-0.2, -0.15) is 5.10 Å².